The van der Waals surface area contributed by atoms with E-state index in [-0.39, 0.29) is 80.3 Å². The molecule has 2 aliphatic heterocycles. The number of nitrogens with zero attached hydrogens (tertiary/aromatic N) is 4. The smallest absolute Gasteiger partial charge is 0.433 e. The SMILES string of the molecule is C[C@H]1CN(C[C@H](CC(O)N2CCc3c(nc(-c4ccc(F)cc4)nc3C(F)(F)F)C2)NC(=O)O)C(=O)CO1. The molecule has 2 aromatic rings. The van der Waals surface area contributed by atoms with Crippen molar-refractivity contribution in [2.75, 3.05) is 26.2 Å². The van der Waals surface area contributed by atoms with Gasteiger partial charge in [-0.2, -0.15) is 13.2 Å². The Morgan fingerprint density at radius 3 is 2.63 bits per heavy atom. The molecule has 38 heavy (non-hydrogen) atoms. The fourth-order valence-electron chi connectivity index (χ4n) is 4.64. The van der Waals surface area contributed by atoms with Crippen molar-refractivity contribution in [3.05, 3.63) is 47.0 Å². The molecule has 14 heteroatoms. The van der Waals surface area contributed by atoms with Gasteiger partial charge in [-0.25, -0.2) is 19.2 Å². The number of hydrogen-bond donors (Lipinski definition) is 3. The molecule has 4 rings (SSSR count). The van der Waals surface area contributed by atoms with Crippen LogP contribution in [-0.2, 0) is 28.7 Å². The molecule has 0 bridgehead atoms. The van der Waals surface area contributed by atoms with E-state index >= 15 is 0 Å². The Balaban J connectivity index is 1.54. The molecule has 0 spiro atoms. The van der Waals surface area contributed by atoms with Gasteiger partial charge in [0, 0.05) is 43.7 Å². The van der Waals surface area contributed by atoms with Gasteiger partial charge in [0.25, 0.3) is 0 Å². The van der Waals surface area contributed by atoms with Gasteiger partial charge in [-0.05, 0) is 37.6 Å². The number of amides is 2. The van der Waals surface area contributed by atoms with E-state index in [0.29, 0.717) is 0 Å². The minimum absolute atomic E-state index is 0.00454. The Kier molecular flexibility index (Phi) is 8.13. The number of fused-ring (bicyclic) bond motifs is 1. The molecule has 10 nitrogen and oxygen atoms in total. The molecule has 1 saturated heterocycles. The van der Waals surface area contributed by atoms with Crippen molar-refractivity contribution in [2.24, 2.45) is 0 Å². The second kappa shape index (κ2) is 11.2. The number of hydrogen-bond acceptors (Lipinski definition) is 7. The number of carboxylic acid groups (broad SMARTS) is 1. The highest BCUT2D eigenvalue weighted by atomic mass is 19.4. The number of morpholine rings is 1. The lowest BCUT2D eigenvalue weighted by Crippen LogP contribution is -2.53. The minimum Gasteiger partial charge on any atom is -0.465 e. The number of alkyl halides is 3. The summed E-state index contributed by atoms with van der Waals surface area (Å²) in [6, 6.07) is 3.91. The molecule has 0 saturated carbocycles. The van der Waals surface area contributed by atoms with Crippen LogP contribution >= 0.6 is 0 Å². The van der Waals surface area contributed by atoms with E-state index in [4.69, 9.17) is 4.74 Å². The van der Waals surface area contributed by atoms with E-state index in [9.17, 15) is 37.4 Å². The summed E-state index contributed by atoms with van der Waals surface area (Å²) < 4.78 is 60.2. The number of carbonyl (C=O) groups excluding carboxylic acids is 1. The summed E-state index contributed by atoms with van der Waals surface area (Å²) in [5.74, 6) is -1.10. The first-order chi connectivity index (χ1) is 17.9. The maximum Gasteiger partial charge on any atom is 0.433 e. The highest BCUT2D eigenvalue weighted by molar-refractivity contribution is 5.78. The van der Waals surface area contributed by atoms with Crippen LogP contribution in [0.1, 0.15) is 30.3 Å². The van der Waals surface area contributed by atoms with Crippen LogP contribution in [0.3, 0.4) is 0 Å². The summed E-state index contributed by atoms with van der Waals surface area (Å²) in [5.41, 5.74) is -0.898. The minimum atomic E-state index is -4.75. The second-order valence-electron chi connectivity index (χ2n) is 9.33. The first kappa shape index (κ1) is 27.7. The van der Waals surface area contributed by atoms with E-state index in [1.54, 1.807) is 6.92 Å². The second-order valence-corrected chi connectivity index (χ2v) is 9.33. The number of halogens is 4. The predicted octanol–water partition coefficient (Wildman–Crippen LogP) is 2.25. The van der Waals surface area contributed by atoms with Gasteiger partial charge in [-0.15, -0.1) is 0 Å². The van der Waals surface area contributed by atoms with Gasteiger partial charge in [0.1, 0.15) is 18.7 Å². The van der Waals surface area contributed by atoms with Gasteiger partial charge in [0.15, 0.2) is 11.5 Å². The highest BCUT2D eigenvalue weighted by Gasteiger charge is 2.40. The lowest BCUT2D eigenvalue weighted by molar-refractivity contribution is -0.148. The zero-order valence-electron chi connectivity index (χ0n) is 20.4. The van der Waals surface area contributed by atoms with Gasteiger partial charge >= 0.3 is 12.3 Å². The Bertz CT molecular complexity index is 1180. The number of benzene rings is 1. The number of nitrogens with one attached hydrogen (secondary N) is 1. The van der Waals surface area contributed by atoms with E-state index in [2.05, 4.69) is 15.3 Å². The third kappa shape index (κ3) is 6.55. The summed E-state index contributed by atoms with van der Waals surface area (Å²) in [6.07, 6.45) is -7.79. The third-order valence-electron chi connectivity index (χ3n) is 6.47. The monoisotopic (exact) mass is 541 g/mol. The summed E-state index contributed by atoms with van der Waals surface area (Å²) in [4.78, 5) is 34.5. The first-order valence-corrected chi connectivity index (χ1v) is 11.9. The van der Waals surface area contributed by atoms with E-state index in [1.807, 2.05) is 0 Å². The van der Waals surface area contributed by atoms with Crippen molar-refractivity contribution < 1.29 is 42.1 Å². The van der Waals surface area contributed by atoms with E-state index in [0.717, 1.165) is 12.1 Å². The third-order valence-corrected chi connectivity index (χ3v) is 6.47. The number of rotatable bonds is 7. The Morgan fingerprint density at radius 1 is 1.26 bits per heavy atom. The lowest BCUT2D eigenvalue weighted by atomic mass is 10.0. The number of aliphatic hydroxyl groups is 1. The summed E-state index contributed by atoms with van der Waals surface area (Å²) >= 11 is 0. The van der Waals surface area contributed by atoms with Crippen LogP contribution in [0.4, 0.5) is 22.4 Å². The molecule has 3 N–H and O–H groups in total. The summed E-state index contributed by atoms with van der Waals surface area (Å²) in [5, 5.41) is 22.5. The van der Waals surface area contributed by atoms with Crippen LogP contribution < -0.4 is 5.32 Å². The van der Waals surface area contributed by atoms with Crippen molar-refractivity contribution in [3.63, 3.8) is 0 Å². The number of ether oxygens (including phenoxy) is 1. The molecule has 1 unspecified atom stereocenters. The maximum atomic E-state index is 13.8. The van der Waals surface area contributed by atoms with Crippen LogP contribution in [0, 0.1) is 5.82 Å². The molecule has 0 aliphatic carbocycles. The van der Waals surface area contributed by atoms with Gasteiger partial charge < -0.3 is 25.2 Å². The van der Waals surface area contributed by atoms with Gasteiger partial charge in [-0.1, -0.05) is 0 Å². The Hall–Kier alpha value is -3.36. The topological polar surface area (TPSA) is 128 Å². The van der Waals surface area contributed by atoms with Crippen molar-refractivity contribution in [2.45, 2.75) is 50.9 Å². The van der Waals surface area contributed by atoms with Crippen molar-refractivity contribution in [1.29, 1.82) is 0 Å². The molecule has 1 aromatic carbocycles. The predicted molar refractivity (Wildman–Crippen MR) is 124 cm³/mol. The first-order valence-electron chi connectivity index (χ1n) is 11.9. The average Bonchev–Trinajstić information content (AvgIpc) is 2.84. The zero-order chi connectivity index (χ0) is 27.6. The molecule has 3 heterocycles. The van der Waals surface area contributed by atoms with Gasteiger partial charge in [0.2, 0.25) is 5.91 Å². The Labute approximate surface area is 215 Å². The maximum absolute atomic E-state index is 13.8. The molecule has 1 aromatic heterocycles. The Morgan fingerprint density at radius 2 is 1.97 bits per heavy atom. The molecule has 0 radical (unpaired) electrons. The van der Waals surface area contributed by atoms with Crippen molar-refractivity contribution in [1.82, 2.24) is 25.1 Å². The highest BCUT2D eigenvalue weighted by Crippen LogP contribution is 2.35. The normalized spacial score (nSPS) is 20.1. The molecule has 2 amide bonds. The van der Waals surface area contributed by atoms with Crippen LogP contribution in [-0.4, -0.2) is 86.6 Å². The van der Waals surface area contributed by atoms with Gasteiger partial charge in [-0.3, -0.25) is 9.69 Å². The molecular weight excluding hydrogens is 514 g/mol. The van der Waals surface area contributed by atoms with E-state index < -0.39 is 36.1 Å². The lowest BCUT2D eigenvalue weighted by Gasteiger charge is -2.37. The van der Waals surface area contributed by atoms with Crippen molar-refractivity contribution in [3.8, 4) is 11.4 Å². The number of carbonyl (C=O) groups is 2. The number of aromatic nitrogens is 2. The molecule has 2 aliphatic rings. The van der Waals surface area contributed by atoms with Crippen LogP contribution in [0.2, 0.25) is 0 Å². The number of aliphatic hydroxyl groups excluding tert-OH is 1. The molecule has 1 fully saturated rings. The zero-order valence-corrected chi connectivity index (χ0v) is 20.4. The molecule has 3 atom stereocenters. The summed E-state index contributed by atoms with van der Waals surface area (Å²) in [6.45, 7) is 1.79. The van der Waals surface area contributed by atoms with Crippen molar-refractivity contribution >= 4 is 12.0 Å². The molecular formula is C24H27F4N5O5. The van der Waals surface area contributed by atoms with Crippen LogP contribution in [0.5, 0.6) is 0 Å². The fraction of sp³-hybridized carbons (Fsp3) is 0.500. The van der Waals surface area contributed by atoms with Crippen LogP contribution in [0.15, 0.2) is 24.3 Å². The largest absolute Gasteiger partial charge is 0.465 e. The van der Waals surface area contributed by atoms with E-state index in [1.165, 1.54) is 21.9 Å². The summed E-state index contributed by atoms with van der Waals surface area (Å²) in [7, 11) is 0. The average molecular weight is 542 g/mol. The molecule has 206 valence electrons. The standard InChI is InChI=1S/C24H27F4N5O5/c1-13-9-33(20(35)12-38-13)10-16(29-23(36)37)8-19(34)32-7-6-17-18(11-32)30-22(31-21(17)24(26,27)28)14-2-4-15(25)5-3-14/h2-5,13,16,19,29,34H,6-12H2,1H3,(H,36,37)/t13-,16-,19?/m0/s1. The fourth-order valence-corrected chi connectivity index (χ4v) is 4.64. The quantitative estimate of drug-likeness (QED) is 0.456. The van der Waals surface area contributed by atoms with Crippen LogP contribution in [0.25, 0.3) is 11.4 Å². The van der Waals surface area contributed by atoms with Gasteiger partial charge in [0.05, 0.1) is 17.8 Å².